The van der Waals surface area contributed by atoms with E-state index in [-0.39, 0.29) is 17.9 Å². The molecule has 1 aromatic rings. The lowest BCUT2D eigenvalue weighted by molar-refractivity contribution is 0.0958. The summed E-state index contributed by atoms with van der Waals surface area (Å²) in [7, 11) is 0. The van der Waals surface area contributed by atoms with Gasteiger partial charge in [-0.05, 0) is 43.9 Å². The summed E-state index contributed by atoms with van der Waals surface area (Å²) in [6.45, 7) is 8.65. The molecule has 2 unspecified atom stereocenters. The Morgan fingerprint density at radius 2 is 1.83 bits per heavy atom. The smallest absolute Gasteiger partial charge is 0.336 e. The Labute approximate surface area is 179 Å². The number of rotatable bonds is 5. The fraction of sp³-hybridized carbons (Fsp3) is 0.364. The van der Waals surface area contributed by atoms with Crippen molar-refractivity contribution in [1.29, 1.82) is 0 Å². The maximum absolute atomic E-state index is 12.4. The Hall–Kier alpha value is -2.28. The van der Waals surface area contributed by atoms with Gasteiger partial charge in [-0.25, -0.2) is 0 Å². The minimum Gasteiger partial charge on any atom is -0.461 e. The molecule has 1 aromatic carbocycles. The van der Waals surface area contributed by atoms with E-state index in [1.807, 2.05) is 45.9 Å². The van der Waals surface area contributed by atoms with Crippen molar-refractivity contribution in [2.45, 2.75) is 40.3 Å². The molecule has 0 aromatic heterocycles. The predicted molar refractivity (Wildman–Crippen MR) is 117 cm³/mol. The van der Waals surface area contributed by atoms with Gasteiger partial charge in [-0.15, -0.1) is 0 Å². The topological polar surface area (TPSA) is 50.7 Å². The van der Waals surface area contributed by atoms with Gasteiger partial charge in [-0.2, -0.15) is 13.8 Å². The van der Waals surface area contributed by atoms with Crippen LogP contribution in [0.5, 0.6) is 0 Å². The summed E-state index contributed by atoms with van der Waals surface area (Å²) in [4.78, 5) is 14.9. The quantitative estimate of drug-likeness (QED) is 0.246. The molecule has 158 valence electrons. The second kappa shape index (κ2) is 12.3. The van der Waals surface area contributed by atoms with Crippen LogP contribution in [-0.4, -0.2) is 24.6 Å². The lowest BCUT2D eigenvalue weighted by atomic mass is 10.2. The summed E-state index contributed by atoms with van der Waals surface area (Å²) in [5.41, 5.74) is 1.42. The summed E-state index contributed by atoms with van der Waals surface area (Å²) in [6.07, 6.45) is 5.75. The van der Waals surface area contributed by atoms with Gasteiger partial charge in [0.25, 0.3) is 11.9 Å². The number of amides is 1. The largest absolute Gasteiger partial charge is 0.461 e. The van der Waals surface area contributed by atoms with E-state index in [4.69, 9.17) is 4.74 Å². The van der Waals surface area contributed by atoms with Crippen molar-refractivity contribution in [2.75, 3.05) is 0 Å². The zero-order chi connectivity index (χ0) is 22.0. The first-order chi connectivity index (χ1) is 13.6. The second-order valence-electron chi connectivity index (χ2n) is 6.69. The number of aliphatic imine (C=N–C) groups is 1. The van der Waals surface area contributed by atoms with Crippen molar-refractivity contribution < 1.29 is 18.3 Å². The molecular weight excluding hydrogens is 442 g/mol. The molecule has 1 fully saturated rings. The number of carbonyl (C=O) groups is 1. The number of halogens is 3. The fourth-order valence-electron chi connectivity index (χ4n) is 2.22. The van der Waals surface area contributed by atoms with Gasteiger partial charge in [-0.1, -0.05) is 72.3 Å². The highest BCUT2D eigenvalue weighted by molar-refractivity contribution is 9.11. The number of benzene rings is 1. The second-order valence-corrected chi connectivity index (χ2v) is 7.60. The standard InChI is InChI=1S/C14H16F2N2O2.C8H11Br/c1-8-9(2)11(8)20-14(18-13(15)16)17-12(19)10-6-4-3-5-7-10;1-4-8(9)6-5-7(2)3/h3-9,11,13H,1-2H3,(H,17,18,19);4-6H,2H2,1,3H3/b;6-5-,8-4+/t8-,9?,11?;/m0./s1. The number of carbonyl (C=O) groups excluding carboxylic acids is 1. The molecule has 0 saturated heterocycles. The zero-order valence-corrected chi connectivity index (χ0v) is 18.6. The Balaban J connectivity index is 0.000000396. The Kier molecular flexibility index (Phi) is 10.5. The third-order valence-corrected chi connectivity index (χ3v) is 4.97. The van der Waals surface area contributed by atoms with Crippen molar-refractivity contribution >= 4 is 27.9 Å². The van der Waals surface area contributed by atoms with Crippen molar-refractivity contribution in [3.8, 4) is 0 Å². The van der Waals surface area contributed by atoms with Gasteiger partial charge in [0.15, 0.2) is 0 Å². The molecule has 0 spiro atoms. The fourth-order valence-corrected chi connectivity index (χ4v) is 2.35. The van der Waals surface area contributed by atoms with E-state index in [2.05, 4.69) is 32.8 Å². The molecule has 1 aliphatic rings. The SMILES string of the molecule is C=C(C)/C=C\C(Br)=C/C.CC1C(O/C(=N\C(F)F)NC(=O)c2ccccc2)[C@H]1C. The summed E-state index contributed by atoms with van der Waals surface area (Å²) in [5, 5.41) is 2.29. The van der Waals surface area contributed by atoms with Crippen LogP contribution in [0.25, 0.3) is 0 Å². The molecule has 1 aliphatic carbocycles. The van der Waals surface area contributed by atoms with Crippen LogP contribution < -0.4 is 5.32 Å². The van der Waals surface area contributed by atoms with Crippen LogP contribution in [0, 0.1) is 11.8 Å². The monoisotopic (exact) mass is 468 g/mol. The van der Waals surface area contributed by atoms with Crippen LogP contribution in [0.4, 0.5) is 8.78 Å². The Morgan fingerprint density at radius 3 is 2.28 bits per heavy atom. The average Bonchev–Trinajstić information content (AvgIpc) is 3.24. The van der Waals surface area contributed by atoms with Gasteiger partial charge in [0.2, 0.25) is 0 Å². The highest BCUT2D eigenvalue weighted by Gasteiger charge is 2.46. The number of ether oxygens (including phenoxy) is 1. The van der Waals surface area contributed by atoms with Gasteiger partial charge in [0.1, 0.15) is 6.10 Å². The molecule has 0 bridgehead atoms. The van der Waals surface area contributed by atoms with Gasteiger partial charge >= 0.3 is 6.55 Å². The highest BCUT2D eigenvalue weighted by Crippen LogP contribution is 2.40. The van der Waals surface area contributed by atoms with Crippen LogP contribution in [0.1, 0.15) is 38.1 Å². The first-order valence-electron chi connectivity index (χ1n) is 9.20. The highest BCUT2D eigenvalue weighted by atomic mass is 79.9. The van der Waals surface area contributed by atoms with Crippen LogP contribution >= 0.6 is 15.9 Å². The summed E-state index contributed by atoms with van der Waals surface area (Å²) < 4.78 is 31.2. The lowest BCUT2D eigenvalue weighted by Gasteiger charge is -2.10. The molecule has 7 heteroatoms. The van der Waals surface area contributed by atoms with Gasteiger partial charge in [-0.3, -0.25) is 10.1 Å². The van der Waals surface area contributed by atoms with Crippen molar-refractivity contribution in [3.05, 3.63) is 70.8 Å². The van der Waals surface area contributed by atoms with Gasteiger partial charge in [0.05, 0.1) is 0 Å². The molecular formula is C22H27BrF2N2O2. The Bertz CT molecular complexity index is 768. The number of hydrogen-bond acceptors (Lipinski definition) is 3. The van der Waals surface area contributed by atoms with Crippen LogP contribution in [-0.2, 0) is 4.74 Å². The number of amidine groups is 1. The maximum Gasteiger partial charge on any atom is 0.336 e. The summed E-state index contributed by atoms with van der Waals surface area (Å²) in [6, 6.07) is 7.87. The molecule has 4 nitrogen and oxygen atoms in total. The van der Waals surface area contributed by atoms with Crippen molar-refractivity contribution in [2.24, 2.45) is 16.8 Å². The third kappa shape index (κ3) is 9.65. The molecule has 1 amide bonds. The maximum atomic E-state index is 12.4. The van der Waals surface area contributed by atoms with Crippen molar-refractivity contribution in [1.82, 2.24) is 5.32 Å². The molecule has 29 heavy (non-hydrogen) atoms. The molecule has 0 heterocycles. The van der Waals surface area contributed by atoms with Gasteiger partial charge < -0.3 is 4.74 Å². The lowest BCUT2D eigenvalue weighted by Crippen LogP contribution is -2.34. The van der Waals surface area contributed by atoms with E-state index in [0.29, 0.717) is 5.56 Å². The molecule has 1 N–H and O–H groups in total. The van der Waals surface area contributed by atoms with E-state index in [0.717, 1.165) is 10.1 Å². The van der Waals surface area contributed by atoms with Crippen LogP contribution in [0.3, 0.4) is 0 Å². The first kappa shape index (κ1) is 24.8. The number of alkyl halides is 2. The predicted octanol–water partition coefficient (Wildman–Crippen LogP) is 6.08. The minimum atomic E-state index is -2.93. The Morgan fingerprint density at radius 1 is 1.24 bits per heavy atom. The van der Waals surface area contributed by atoms with E-state index >= 15 is 0 Å². The third-order valence-electron chi connectivity index (χ3n) is 4.25. The minimum absolute atomic E-state index is 0.177. The average molecular weight is 469 g/mol. The summed E-state index contributed by atoms with van der Waals surface area (Å²) in [5.74, 6) is 0.0176. The molecule has 3 atom stereocenters. The number of allylic oxidation sites excluding steroid dienone is 5. The summed E-state index contributed by atoms with van der Waals surface area (Å²) >= 11 is 3.34. The first-order valence-corrected chi connectivity index (χ1v) is 9.99. The molecule has 2 rings (SSSR count). The number of nitrogens with zero attached hydrogens (tertiary/aromatic N) is 1. The molecule has 1 saturated carbocycles. The van der Waals surface area contributed by atoms with E-state index < -0.39 is 18.5 Å². The van der Waals surface area contributed by atoms with E-state index in [1.54, 1.807) is 30.3 Å². The zero-order valence-electron chi connectivity index (χ0n) is 17.0. The van der Waals surface area contributed by atoms with Crippen LogP contribution in [0.15, 0.2) is 70.2 Å². The van der Waals surface area contributed by atoms with Crippen molar-refractivity contribution in [3.63, 3.8) is 0 Å². The normalized spacial score (nSPS) is 21.4. The number of hydrogen-bond donors (Lipinski definition) is 1. The van der Waals surface area contributed by atoms with E-state index in [1.165, 1.54) is 0 Å². The van der Waals surface area contributed by atoms with Crippen LogP contribution in [0.2, 0.25) is 0 Å². The molecule has 0 aliphatic heterocycles. The molecule has 0 radical (unpaired) electrons. The number of nitrogens with one attached hydrogen (secondary N) is 1. The van der Waals surface area contributed by atoms with Gasteiger partial charge in [0, 0.05) is 10.0 Å². The van der Waals surface area contributed by atoms with E-state index in [9.17, 15) is 13.6 Å².